The maximum atomic E-state index is 12.2. The van der Waals surface area contributed by atoms with Crippen LogP contribution in [0.15, 0.2) is 0 Å². The van der Waals surface area contributed by atoms with Gasteiger partial charge in [-0.1, -0.05) is 32.6 Å². The fraction of sp³-hybridized carbons (Fsp3) is 0.938. The number of fused-ring (bicyclic) bond motifs is 1. The Morgan fingerprint density at radius 3 is 2.58 bits per heavy atom. The van der Waals surface area contributed by atoms with Gasteiger partial charge in [-0.2, -0.15) is 0 Å². The first kappa shape index (κ1) is 14.8. The summed E-state index contributed by atoms with van der Waals surface area (Å²) >= 11 is 0. The third-order valence-corrected chi connectivity index (χ3v) is 5.09. The average molecular weight is 266 g/mol. The molecule has 4 unspecified atom stereocenters. The van der Waals surface area contributed by atoms with Crippen LogP contribution in [0.25, 0.3) is 0 Å². The molecule has 0 spiro atoms. The second kappa shape index (κ2) is 7.28. The molecule has 0 heterocycles. The number of nitrogens with one attached hydrogen (secondary N) is 2. The molecule has 2 N–H and O–H groups in total. The Labute approximate surface area is 117 Å². The Morgan fingerprint density at radius 1 is 1.11 bits per heavy atom. The maximum absolute atomic E-state index is 12.2. The van der Waals surface area contributed by atoms with Gasteiger partial charge in [0.2, 0.25) is 5.91 Å². The third-order valence-electron chi connectivity index (χ3n) is 5.09. The fourth-order valence-electron chi connectivity index (χ4n) is 3.95. The third kappa shape index (κ3) is 4.20. The van der Waals surface area contributed by atoms with Gasteiger partial charge in [0.15, 0.2) is 0 Å². The summed E-state index contributed by atoms with van der Waals surface area (Å²) in [6.45, 7) is 3.95. The van der Waals surface area contributed by atoms with E-state index in [1.54, 1.807) is 0 Å². The zero-order valence-electron chi connectivity index (χ0n) is 12.6. The van der Waals surface area contributed by atoms with Crippen molar-refractivity contribution in [3.05, 3.63) is 0 Å². The number of carbonyl (C=O) groups excluding carboxylic acids is 1. The van der Waals surface area contributed by atoms with E-state index in [0.717, 1.165) is 37.8 Å². The lowest BCUT2D eigenvalue weighted by Crippen LogP contribution is -2.39. The summed E-state index contributed by atoms with van der Waals surface area (Å²) in [5.74, 6) is 2.89. The van der Waals surface area contributed by atoms with Crippen LogP contribution in [0.5, 0.6) is 0 Å². The first-order valence-electron chi connectivity index (χ1n) is 8.13. The van der Waals surface area contributed by atoms with Crippen molar-refractivity contribution in [3.63, 3.8) is 0 Å². The van der Waals surface area contributed by atoms with Crippen LogP contribution in [-0.2, 0) is 4.79 Å². The van der Waals surface area contributed by atoms with Crippen molar-refractivity contribution in [2.24, 2.45) is 23.7 Å². The van der Waals surface area contributed by atoms with E-state index in [1.165, 1.54) is 32.1 Å². The van der Waals surface area contributed by atoms with Gasteiger partial charge in [0.05, 0.1) is 0 Å². The minimum absolute atomic E-state index is 0.293. The molecular weight excluding hydrogens is 236 g/mol. The molecule has 2 saturated carbocycles. The van der Waals surface area contributed by atoms with Gasteiger partial charge in [-0.15, -0.1) is 0 Å². The highest BCUT2D eigenvalue weighted by molar-refractivity contribution is 5.78. The fourth-order valence-corrected chi connectivity index (χ4v) is 3.95. The second-order valence-electron chi connectivity index (χ2n) is 6.72. The Bertz CT molecular complexity index is 292. The number of hydrogen-bond donors (Lipinski definition) is 2. The lowest BCUT2D eigenvalue weighted by atomic mass is 9.67. The van der Waals surface area contributed by atoms with Gasteiger partial charge in [-0.3, -0.25) is 4.79 Å². The molecule has 3 heteroatoms. The first-order valence-corrected chi connectivity index (χ1v) is 8.13. The molecule has 0 bridgehead atoms. The molecule has 0 aromatic rings. The lowest BCUT2D eigenvalue weighted by molar-refractivity contribution is -0.127. The van der Waals surface area contributed by atoms with E-state index in [2.05, 4.69) is 17.6 Å². The SMILES string of the molecule is CNCC(C)CNC(=O)C1CCC2CCCCC2C1. The highest BCUT2D eigenvalue weighted by Gasteiger charge is 2.34. The highest BCUT2D eigenvalue weighted by atomic mass is 16.1. The Kier molecular flexibility index (Phi) is 5.68. The molecule has 2 rings (SSSR count). The van der Waals surface area contributed by atoms with E-state index in [9.17, 15) is 4.79 Å². The Morgan fingerprint density at radius 2 is 1.84 bits per heavy atom. The predicted octanol–water partition coefficient (Wildman–Crippen LogP) is 2.56. The maximum Gasteiger partial charge on any atom is 0.223 e. The number of amides is 1. The van der Waals surface area contributed by atoms with E-state index >= 15 is 0 Å². The molecule has 4 atom stereocenters. The highest BCUT2D eigenvalue weighted by Crippen LogP contribution is 2.42. The van der Waals surface area contributed by atoms with Gasteiger partial charge in [0, 0.05) is 12.5 Å². The quantitative estimate of drug-likeness (QED) is 0.803. The van der Waals surface area contributed by atoms with E-state index in [-0.39, 0.29) is 0 Å². The summed E-state index contributed by atoms with van der Waals surface area (Å²) in [5, 5.41) is 6.31. The molecule has 0 aromatic carbocycles. The Hall–Kier alpha value is -0.570. The Balaban J connectivity index is 1.74. The molecule has 0 saturated heterocycles. The van der Waals surface area contributed by atoms with Gasteiger partial charge >= 0.3 is 0 Å². The molecule has 3 nitrogen and oxygen atoms in total. The summed E-state index contributed by atoms with van der Waals surface area (Å²) in [6, 6.07) is 0. The standard InChI is InChI=1S/C16H30N2O/c1-12(10-17-2)11-18-16(19)15-8-7-13-5-3-4-6-14(13)9-15/h12-15,17H,3-11H2,1-2H3,(H,18,19). The van der Waals surface area contributed by atoms with Gasteiger partial charge in [0.1, 0.15) is 0 Å². The zero-order valence-corrected chi connectivity index (χ0v) is 12.6. The van der Waals surface area contributed by atoms with Crippen LogP contribution < -0.4 is 10.6 Å². The van der Waals surface area contributed by atoms with Crippen molar-refractivity contribution < 1.29 is 4.79 Å². The van der Waals surface area contributed by atoms with Gasteiger partial charge < -0.3 is 10.6 Å². The molecule has 2 aliphatic rings. The van der Waals surface area contributed by atoms with Crippen molar-refractivity contribution in [1.29, 1.82) is 0 Å². The zero-order chi connectivity index (χ0) is 13.7. The minimum Gasteiger partial charge on any atom is -0.356 e. The molecule has 0 aliphatic heterocycles. The second-order valence-corrected chi connectivity index (χ2v) is 6.72. The summed E-state index contributed by atoms with van der Waals surface area (Å²) in [5.41, 5.74) is 0. The largest absolute Gasteiger partial charge is 0.356 e. The van der Waals surface area contributed by atoms with Crippen molar-refractivity contribution in [1.82, 2.24) is 10.6 Å². The van der Waals surface area contributed by atoms with Gasteiger partial charge in [-0.25, -0.2) is 0 Å². The summed E-state index contributed by atoms with van der Waals surface area (Å²) in [6.07, 6.45) is 9.14. The molecule has 2 aliphatic carbocycles. The lowest BCUT2D eigenvalue weighted by Gasteiger charge is -2.38. The van der Waals surface area contributed by atoms with Crippen LogP contribution >= 0.6 is 0 Å². The van der Waals surface area contributed by atoms with E-state index in [1.807, 2.05) is 7.05 Å². The van der Waals surface area contributed by atoms with Crippen LogP contribution in [0.1, 0.15) is 51.9 Å². The van der Waals surface area contributed by atoms with Crippen LogP contribution in [0.3, 0.4) is 0 Å². The molecule has 0 aromatic heterocycles. The molecule has 2 fully saturated rings. The van der Waals surface area contributed by atoms with Crippen molar-refractivity contribution in [2.45, 2.75) is 51.9 Å². The molecule has 19 heavy (non-hydrogen) atoms. The predicted molar refractivity (Wildman–Crippen MR) is 78.9 cm³/mol. The van der Waals surface area contributed by atoms with E-state index in [0.29, 0.717) is 17.7 Å². The van der Waals surface area contributed by atoms with Crippen molar-refractivity contribution >= 4 is 5.91 Å². The van der Waals surface area contributed by atoms with E-state index in [4.69, 9.17) is 0 Å². The van der Waals surface area contributed by atoms with Crippen LogP contribution in [-0.4, -0.2) is 26.0 Å². The minimum atomic E-state index is 0.293. The van der Waals surface area contributed by atoms with Gasteiger partial charge in [-0.05, 0) is 50.6 Å². The van der Waals surface area contributed by atoms with Crippen LogP contribution in [0.2, 0.25) is 0 Å². The number of hydrogen-bond acceptors (Lipinski definition) is 2. The van der Waals surface area contributed by atoms with Crippen molar-refractivity contribution in [3.8, 4) is 0 Å². The van der Waals surface area contributed by atoms with Crippen LogP contribution in [0, 0.1) is 23.7 Å². The summed E-state index contributed by atoms with van der Waals surface area (Å²) in [4.78, 5) is 12.2. The normalized spacial score (nSPS) is 32.4. The number of rotatable bonds is 5. The van der Waals surface area contributed by atoms with Crippen LogP contribution in [0.4, 0.5) is 0 Å². The monoisotopic (exact) mass is 266 g/mol. The summed E-state index contributed by atoms with van der Waals surface area (Å²) < 4.78 is 0. The smallest absolute Gasteiger partial charge is 0.223 e. The molecular formula is C16H30N2O. The molecule has 0 radical (unpaired) electrons. The molecule has 110 valence electrons. The van der Waals surface area contributed by atoms with Crippen molar-refractivity contribution in [2.75, 3.05) is 20.1 Å². The van der Waals surface area contributed by atoms with E-state index < -0.39 is 0 Å². The first-order chi connectivity index (χ1) is 9.20. The average Bonchev–Trinajstić information content (AvgIpc) is 2.44. The van der Waals surface area contributed by atoms with Gasteiger partial charge in [0.25, 0.3) is 0 Å². The molecule has 1 amide bonds. The number of carbonyl (C=O) groups is 1. The summed E-state index contributed by atoms with van der Waals surface area (Å²) in [7, 11) is 1.96. The topological polar surface area (TPSA) is 41.1 Å².